The Morgan fingerprint density at radius 1 is 1.53 bits per heavy atom. The minimum absolute atomic E-state index is 0.193. The fourth-order valence-corrected chi connectivity index (χ4v) is 2.39. The Balaban J connectivity index is 2.31. The van der Waals surface area contributed by atoms with E-state index in [0.717, 1.165) is 18.8 Å². The van der Waals surface area contributed by atoms with Crippen molar-refractivity contribution in [1.29, 1.82) is 0 Å². The zero-order valence-corrected chi connectivity index (χ0v) is 9.60. The highest BCUT2D eigenvalue weighted by molar-refractivity contribution is 6.17. The fourth-order valence-electron chi connectivity index (χ4n) is 2.13. The summed E-state index contributed by atoms with van der Waals surface area (Å²) in [5, 5.41) is 0. The van der Waals surface area contributed by atoms with Crippen LogP contribution in [0.25, 0.3) is 0 Å². The third-order valence-electron chi connectivity index (χ3n) is 2.99. The standard InChI is InChI=1S/C12H15ClFN/c1-9-5-6-15(8-9)12-4-2-3-11(14)10(12)7-13/h2-4,9H,5-8H2,1H3. The van der Waals surface area contributed by atoms with E-state index >= 15 is 0 Å². The largest absolute Gasteiger partial charge is 0.371 e. The van der Waals surface area contributed by atoms with Crippen LogP contribution in [-0.4, -0.2) is 13.1 Å². The van der Waals surface area contributed by atoms with Crippen molar-refractivity contribution in [2.45, 2.75) is 19.2 Å². The normalized spacial score (nSPS) is 21.0. The van der Waals surface area contributed by atoms with E-state index in [2.05, 4.69) is 11.8 Å². The van der Waals surface area contributed by atoms with Crippen molar-refractivity contribution in [2.75, 3.05) is 18.0 Å². The highest BCUT2D eigenvalue weighted by Gasteiger charge is 2.21. The molecule has 0 aliphatic carbocycles. The first kappa shape index (κ1) is 10.7. The van der Waals surface area contributed by atoms with Gasteiger partial charge in [-0.2, -0.15) is 0 Å². The Morgan fingerprint density at radius 2 is 2.33 bits per heavy atom. The summed E-state index contributed by atoms with van der Waals surface area (Å²) in [7, 11) is 0. The minimum Gasteiger partial charge on any atom is -0.371 e. The van der Waals surface area contributed by atoms with Crippen LogP contribution in [-0.2, 0) is 5.88 Å². The summed E-state index contributed by atoms with van der Waals surface area (Å²) >= 11 is 5.79. The molecule has 1 nitrogen and oxygen atoms in total. The topological polar surface area (TPSA) is 3.24 Å². The molecule has 3 heteroatoms. The van der Waals surface area contributed by atoms with E-state index in [0.29, 0.717) is 11.5 Å². The van der Waals surface area contributed by atoms with E-state index < -0.39 is 0 Å². The number of nitrogens with zero attached hydrogens (tertiary/aromatic N) is 1. The monoisotopic (exact) mass is 227 g/mol. The van der Waals surface area contributed by atoms with E-state index in [9.17, 15) is 4.39 Å². The number of anilines is 1. The van der Waals surface area contributed by atoms with Crippen LogP contribution in [0.15, 0.2) is 18.2 Å². The Labute approximate surface area is 94.8 Å². The van der Waals surface area contributed by atoms with E-state index in [1.54, 1.807) is 6.07 Å². The summed E-state index contributed by atoms with van der Waals surface area (Å²) < 4.78 is 13.5. The Morgan fingerprint density at radius 3 is 2.93 bits per heavy atom. The number of hydrogen-bond donors (Lipinski definition) is 0. The summed E-state index contributed by atoms with van der Waals surface area (Å²) in [4.78, 5) is 2.23. The molecule has 0 amide bonds. The van der Waals surface area contributed by atoms with Gasteiger partial charge in [0.05, 0.1) is 5.88 Å². The molecule has 1 aromatic carbocycles. The van der Waals surface area contributed by atoms with Crippen LogP contribution in [0, 0.1) is 11.7 Å². The van der Waals surface area contributed by atoms with Crippen LogP contribution in [0.5, 0.6) is 0 Å². The van der Waals surface area contributed by atoms with Gasteiger partial charge in [0.1, 0.15) is 5.82 Å². The van der Waals surface area contributed by atoms with Crippen molar-refractivity contribution in [3.8, 4) is 0 Å². The summed E-state index contributed by atoms with van der Waals surface area (Å²) in [6.45, 7) is 4.24. The summed E-state index contributed by atoms with van der Waals surface area (Å²) in [5.41, 5.74) is 1.60. The molecule has 1 fully saturated rings. The number of benzene rings is 1. The lowest BCUT2D eigenvalue weighted by Gasteiger charge is -2.21. The van der Waals surface area contributed by atoms with Crippen molar-refractivity contribution >= 4 is 17.3 Å². The Hall–Kier alpha value is -0.760. The molecule has 1 aliphatic rings. The van der Waals surface area contributed by atoms with Crippen molar-refractivity contribution in [2.24, 2.45) is 5.92 Å². The van der Waals surface area contributed by atoms with Crippen molar-refractivity contribution in [1.82, 2.24) is 0 Å². The smallest absolute Gasteiger partial charge is 0.129 e. The third-order valence-corrected chi connectivity index (χ3v) is 3.26. The lowest BCUT2D eigenvalue weighted by Crippen LogP contribution is -2.20. The molecule has 0 N–H and O–H groups in total. The number of hydrogen-bond acceptors (Lipinski definition) is 1. The molecule has 1 unspecified atom stereocenters. The molecule has 2 rings (SSSR count). The number of alkyl halides is 1. The predicted octanol–water partition coefficient (Wildman–Crippen LogP) is 3.41. The molecule has 0 saturated carbocycles. The molecular weight excluding hydrogens is 213 g/mol. The van der Waals surface area contributed by atoms with Gasteiger partial charge in [-0.3, -0.25) is 0 Å². The number of rotatable bonds is 2. The molecule has 0 aromatic heterocycles. The zero-order chi connectivity index (χ0) is 10.8. The highest BCUT2D eigenvalue weighted by atomic mass is 35.5. The molecule has 82 valence electrons. The van der Waals surface area contributed by atoms with Gasteiger partial charge in [-0.1, -0.05) is 13.0 Å². The quantitative estimate of drug-likeness (QED) is 0.700. The predicted molar refractivity (Wildman–Crippen MR) is 62.0 cm³/mol. The van der Waals surface area contributed by atoms with Gasteiger partial charge in [0.2, 0.25) is 0 Å². The summed E-state index contributed by atoms with van der Waals surface area (Å²) in [6, 6.07) is 5.18. The molecule has 1 heterocycles. The second-order valence-corrected chi connectivity index (χ2v) is 4.48. The maximum atomic E-state index is 13.5. The average molecular weight is 228 g/mol. The maximum Gasteiger partial charge on any atom is 0.129 e. The van der Waals surface area contributed by atoms with Crippen LogP contribution in [0.3, 0.4) is 0 Å². The maximum absolute atomic E-state index is 13.5. The lowest BCUT2D eigenvalue weighted by atomic mass is 10.1. The van der Waals surface area contributed by atoms with Gasteiger partial charge in [0, 0.05) is 24.3 Å². The minimum atomic E-state index is -0.193. The molecule has 1 saturated heterocycles. The first-order valence-corrected chi connectivity index (χ1v) is 5.84. The van der Waals surface area contributed by atoms with Gasteiger partial charge in [-0.05, 0) is 24.5 Å². The first-order valence-electron chi connectivity index (χ1n) is 5.30. The molecule has 1 atom stereocenters. The zero-order valence-electron chi connectivity index (χ0n) is 8.84. The van der Waals surface area contributed by atoms with E-state index in [-0.39, 0.29) is 11.7 Å². The fraction of sp³-hybridized carbons (Fsp3) is 0.500. The Bertz CT molecular complexity index is 353. The molecule has 0 radical (unpaired) electrons. The van der Waals surface area contributed by atoms with Gasteiger partial charge in [-0.25, -0.2) is 4.39 Å². The van der Waals surface area contributed by atoms with Crippen LogP contribution in [0.4, 0.5) is 10.1 Å². The van der Waals surface area contributed by atoms with Crippen LogP contribution in [0.2, 0.25) is 0 Å². The lowest BCUT2D eigenvalue weighted by molar-refractivity contribution is 0.615. The summed E-state index contributed by atoms with van der Waals surface area (Å²) in [5.74, 6) is 0.742. The highest BCUT2D eigenvalue weighted by Crippen LogP contribution is 2.29. The molecule has 0 bridgehead atoms. The van der Waals surface area contributed by atoms with E-state index in [1.807, 2.05) is 6.07 Å². The van der Waals surface area contributed by atoms with Crippen LogP contribution >= 0.6 is 11.6 Å². The van der Waals surface area contributed by atoms with E-state index in [4.69, 9.17) is 11.6 Å². The SMILES string of the molecule is CC1CCN(c2cccc(F)c2CCl)C1. The van der Waals surface area contributed by atoms with Gasteiger partial charge in [0.25, 0.3) is 0 Å². The molecule has 0 spiro atoms. The second kappa shape index (κ2) is 4.40. The molecule has 1 aromatic rings. The van der Waals surface area contributed by atoms with Crippen molar-refractivity contribution in [3.05, 3.63) is 29.6 Å². The van der Waals surface area contributed by atoms with Crippen molar-refractivity contribution < 1.29 is 4.39 Å². The van der Waals surface area contributed by atoms with Gasteiger partial charge >= 0.3 is 0 Å². The summed E-state index contributed by atoms with van der Waals surface area (Å²) in [6.07, 6.45) is 1.18. The van der Waals surface area contributed by atoms with Gasteiger partial charge in [0.15, 0.2) is 0 Å². The first-order chi connectivity index (χ1) is 7.22. The Kier molecular flexibility index (Phi) is 3.15. The van der Waals surface area contributed by atoms with Crippen LogP contribution in [0.1, 0.15) is 18.9 Å². The second-order valence-electron chi connectivity index (χ2n) is 4.21. The average Bonchev–Trinajstić information content (AvgIpc) is 2.64. The molecule has 15 heavy (non-hydrogen) atoms. The third kappa shape index (κ3) is 2.10. The van der Waals surface area contributed by atoms with Crippen molar-refractivity contribution in [3.63, 3.8) is 0 Å². The molecule has 1 aliphatic heterocycles. The van der Waals surface area contributed by atoms with Crippen LogP contribution < -0.4 is 4.90 Å². The van der Waals surface area contributed by atoms with Gasteiger partial charge in [-0.15, -0.1) is 11.6 Å². The van der Waals surface area contributed by atoms with Gasteiger partial charge < -0.3 is 4.90 Å². The van der Waals surface area contributed by atoms with E-state index in [1.165, 1.54) is 12.5 Å². The molecular formula is C12H15ClFN. The number of halogens is 2.